The van der Waals surface area contributed by atoms with Crippen molar-refractivity contribution in [2.45, 2.75) is 38.3 Å². The molecule has 3 rings (SSSR count). The summed E-state index contributed by atoms with van der Waals surface area (Å²) in [6, 6.07) is 15.1. The van der Waals surface area contributed by atoms with Gasteiger partial charge in [0.05, 0.1) is 19.3 Å². The minimum atomic E-state index is -0.745. The lowest BCUT2D eigenvalue weighted by Crippen LogP contribution is -2.38. The number of aliphatic hydroxyl groups excluding tert-OH is 1. The third kappa shape index (κ3) is 3.85. The van der Waals surface area contributed by atoms with Gasteiger partial charge in [0.1, 0.15) is 5.75 Å². The predicted octanol–water partition coefficient (Wildman–Crippen LogP) is 3.35. The van der Waals surface area contributed by atoms with Gasteiger partial charge in [-0.05, 0) is 55.0 Å². The van der Waals surface area contributed by atoms with Crippen LogP contribution in [0.1, 0.15) is 42.1 Å². The Labute approximate surface area is 148 Å². The first-order chi connectivity index (χ1) is 12.0. The van der Waals surface area contributed by atoms with Gasteiger partial charge >= 0.3 is 0 Å². The largest absolute Gasteiger partial charge is 0.497 e. The quantitative estimate of drug-likeness (QED) is 0.848. The molecule has 1 fully saturated rings. The van der Waals surface area contributed by atoms with Gasteiger partial charge in [-0.25, -0.2) is 0 Å². The molecule has 0 saturated heterocycles. The van der Waals surface area contributed by atoms with Crippen LogP contribution in [-0.4, -0.2) is 24.2 Å². The highest BCUT2D eigenvalue weighted by atomic mass is 16.5. The number of amides is 1. The summed E-state index contributed by atoms with van der Waals surface area (Å²) < 4.78 is 5.13. The zero-order valence-corrected chi connectivity index (χ0v) is 14.9. The Balaban J connectivity index is 1.58. The maximum atomic E-state index is 12.5. The van der Waals surface area contributed by atoms with Crippen molar-refractivity contribution in [1.82, 2.24) is 5.32 Å². The number of aliphatic hydroxyl groups is 1. The minimum Gasteiger partial charge on any atom is -0.497 e. The maximum Gasteiger partial charge on any atom is 0.224 e. The third-order valence-corrected chi connectivity index (χ3v) is 5.02. The molecule has 0 heterocycles. The van der Waals surface area contributed by atoms with Crippen molar-refractivity contribution in [3.63, 3.8) is 0 Å². The molecule has 4 nitrogen and oxygen atoms in total. The molecule has 4 atom stereocenters. The lowest BCUT2D eigenvalue weighted by molar-refractivity contribution is -0.123. The summed E-state index contributed by atoms with van der Waals surface area (Å²) in [5.74, 6) is 1.07. The highest BCUT2D eigenvalue weighted by molar-refractivity contribution is 5.83. The van der Waals surface area contributed by atoms with E-state index in [0.717, 1.165) is 17.7 Å². The van der Waals surface area contributed by atoms with Crippen LogP contribution in [0.4, 0.5) is 0 Å². The van der Waals surface area contributed by atoms with E-state index in [-0.39, 0.29) is 17.9 Å². The fourth-order valence-corrected chi connectivity index (χ4v) is 3.33. The van der Waals surface area contributed by atoms with Crippen LogP contribution in [-0.2, 0) is 4.79 Å². The van der Waals surface area contributed by atoms with Crippen LogP contribution in [0.5, 0.6) is 5.75 Å². The van der Waals surface area contributed by atoms with E-state index in [9.17, 15) is 9.90 Å². The number of nitrogens with one attached hydrogen (secondary N) is 1. The summed E-state index contributed by atoms with van der Waals surface area (Å²) in [4.78, 5) is 12.5. The average Bonchev–Trinajstić information content (AvgIpc) is 3.42. The van der Waals surface area contributed by atoms with E-state index in [1.54, 1.807) is 7.11 Å². The minimum absolute atomic E-state index is 0.00613. The topological polar surface area (TPSA) is 58.6 Å². The lowest BCUT2D eigenvalue weighted by atomic mass is 10.0. The van der Waals surface area contributed by atoms with Crippen LogP contribution in [0.25, 0.3) is 0 Å². The fraction of sp³-hybridized carbons (Fsp3) is 0.381. The maximum absolute atomic E-state index is 12.5. The standard InChI is InChI=1S/C21H25NO3/c1-13-6-4-5-7-17(13)18-12-19(18)21(24)22-14(2)20(23)15-8-10-16(25-3)11-9-15/h4-11,14,18-20,23H,12H2,1-3H3,(H,22,24). The predicted molar refractivity (Wildman–Crippen MR) is 97.6 cm³/mol. The van der Waals surface area contributed by atoms with Crippen LogP contribution in [0.2, 0.25) is 0 Å². The van der Waals surface area contributed by atoms with Crippen LogP contribution in [0.15, 0.2) is 48.5 Å². The molecule has 25 heavy (non-hydrogen) atoms. The second kappa shape index (κ2) is 7.28. The molecule has 0 aromatic heterocycles. The highest BCUT2D eigenvalue weighted by Crippen LogP contribution is 2.48. The van der Waals surface area contributed by atoms with Gasteiger partial charge in [0.25, 0.3) is 0 Å². The van der Waals surface area contributed by atoms with Gasteiger partial charge in [-0.15, -0.1) is 0 Å². The number of carbonyl (C=O) groups excluding carboxylic acids is 1. The fourth-order valence-electron chi connectivity index (χ4n) is 3.33. The third-order valence-electron chi connectivity index (χ3n) is 5.02. The molecule has 2 N–H and O–H groups in total. The van der Waals surface area contributed by atoms with Crippen molar-refractivity contribution < 1.29 is 14.6 Å². The summed E-state index contributed by atoms with van der Waals surface area (Å²) >= 11 is 0. The summed E-state index contributed by atoms with van der Waals surface area (Å²) in [6.45, 7) is 3.91. The Kier molecular flexibility index (Phi) is 5.09. The number of ether oxygens (including phenoxy) is 1. The molecular formula is C21H25NO3. The van der Waals surface area contributed by atoms with Crippen molar-refractivity contribution >= 4 is 5.91 Å². The van der Waals surface area contributed by atoms with Gasteiger partial charge in [0, 0.05) is 5.92 Å². The molecule has 1 aliphatic carbocycles. The second-order valence-electron chi connectivity index (χ2n) is 6.82. The summed E-state index contributed by atoms with van der Waals surface area (Å²) in [6.07, 6.45) is 0.132. The monoisotopic (exact) mass is 339 g/mol. The van der Waals surface area contributed by atoms with Gasteiger partial charge in [-0.2, -0.15) is 0 Å². The number of hydrogen-bond donors (Lipinski definition) is 2. The van der Waals surface area contributed by atoms with Crippen molar-refractivity contribution in [1.29, 1.82) is 0 Å². The van der Waals surface area contributed by atoms with E-state index in [0.29, 0.717) is 5.92 Å². The van der Waals surface area contributed by atoms with Crippen LogP contribution in [0.3, 0.4) is 0 Å². The Morgan fingerprint density at radius 3 is 2.52 bits per heavy atom. The van der Waals surface area contributed by atoms with Crippen LogP contribution < -0.4 is 10.1 Å². The van der Waals surface area contributed by atoms with E-state index in [2.05, 4.69) is 24.4 Å². The molecule has 1 saturated carbocycles. The summed E-state index contributed by atoms with van der Waals surface area (Å²) in [7, 11) is 1.61. The summed E-state index contributed by atoms with van der Waals surface area (Å²) in [5, 5.41) is 13.4. The van der Waals surface area contributed by atoms with Crippen molar-refractivity contribution in [2.24, 2.45) is 5.92 Å². The first-order valence-electron chi connectivity index (χ1n) is 8.69. The molecular weight excluding hydrogens is 314 g/mol. The normalized spacial score (nSPS) is 21.3. The lowest BCUT2D eigenvalue weighted by Gasteiger charge is -2.21. The van der Waals surface area contributed by atoms with Crippen LogP contribution in [0, 0.1) is 12.8 Å². The van der Waals surface area contributed by atoms with Gasteiger partial charge in [0.2, 0.25) is 5.91 Å². The molecule has 4 unspecified atom stereocenters. The molecule has 1 aliphatic rings. The number of methoxy groups -OCH3 is 1. The van der Waals surface area contributed by atoms with Gasteiger partial charge in [0.15, 0.2) is 0 Å². The number of rotatable bonds is 6. The zero-order valence-electron chi connectivity index (χ0n) is 14.9. The first kappa shape index (κ1) is 17.5. The molecule has 0 bridgehead atoms. The highest BCUT2D eigenvalue weighted by Gasteiger charge is 2.44. The van der Waals surface area contributed by atoms with Crippen molar-refractivity contribution in [3.05, 3.63) is 65.2 Å². The van der Waals surface area contributed by atoms with E-state index in [1.807, 2.05) is 43.3 Å². The summed E-state index contributed by atoms with van der Waals surface area (Å²) in [5.41, 5.74) is 3.25. The molecule has 0 aliphatic heterocycles. The first-order valence-corrected chi connectivity index (χ1v) is 8.69. The Morgan fingerprint density at radius 2 is 1.88 bits per heavy atom. The van der Waals surface area contributed by atoms with Crippen molar-refractivity contribution in [2.75, 3.05) is 7.11 Å². The van der Waals surface area contributed by atoms with Gasteiger partial charge in [-0.3, -0.25) is 4.79 Å². The molecule has 0 spiro atoms. The Bertz CT molecular complexity index is 741. The molecule has 4 heteroatoms. The number of aryl methyl sites for hydroxylation is 1. The molecule has 132 valence electrons. The average molecular weight is 339 g/mol. The number of carbonyl (C=O) groups is 1. The van der Waals surface area contributed by atoms with E-state index in [1.165, 1.54) is 11.1 Å². The van der Waals surface area contributed by atoms with Crippen LogP contribution >= 0.6 is 0 Å². The number of benzene rings is 2. The molecule has 1 amide bonds. The van der Waals surface area contributed by atoms with Gasteiger partial charge in [-0.1, -0.05) is 36.4 Å². The second-order valence-corrected chi connectivity index (χ2v) is 6.82. The Hall–Kier alpha value is -2.33. The van der Waals surface area contributed by atoms with E-state index in [4.69, 9.17) is 4.74 Å². The smallest absolute Gasteiger partial charge is 0.224 e. The molecule has 0 radical (unpaired) electrons. The number of hydrogen-bond acceptors (Lipinski definition) is 3. The molecule has 2 aromatic carbocycles. The van der Waals surface area contributed by atoms with E-state index >= 15 is 0 Å². The van der Waals surface area contributed by atoms with Gasteiger partial charge < -0.3 is 15.2 Å². The van der Waals surface area contributed by atoms with E-state index < -0.39 is 6.10 Å². The van der Waals surface area contributed by atoms with Crippen molar-refractivity contribution in [3.8, 4) is 5.75 Å². The zero-order chi connectivity index (χ0) is 18.0. The Morgan fingerprint density at radius 1 is 1.20 bits per heavy atom. The SMILES string of the molecule is COc1ccc(C(O)C(C)NC(=O)C2CC2c2ccccc2C)cc1. The molecule has 2 aromatic rings.